The van der Waals surface area contributed by atoms with Gasteiger partial charge in [0.05, 0.1) is 17.8 Å². The summed E-state index contributed by atoms with van der Waals surface area (Å²) in [6.07, 6.45) is 3.02. The summed E-state index contributed by atoms with van der Waals surface area (Å²) in [5.41, 5.74) is 0.891. The van der Waals surface area contributed by atoms with E-state index in [4.69, 9.17) is 10.00 Å². The number of hydrogen-bond donors (Lipinski definition) is 1. The number of benzene rings is 1. The molecule has 22 heavy (non-hydrogen) atoms. The third-order valence-corrected chi connectivity index (χ3v) is 2.68. The number of carbonyl (C=O) groups is 2. The highest BCUT2D eigenvalue weighted by molar-refractivity contribution is 5.96. The van der Waals surface area contributed by atoms with Crippen LogP contribution in [0.3, 0.4) is 0 Å². The Morgan fingerprint density at radius 3 is 2.86 bits per heavy atom. The first-order valence-corrected chi connectivity index (χ1v) is 6.38. The maximum Gasteiger partial charge on any atom is 0.359 e. The van der Waals surface area contributed by atoms with E-state index in [0.717, 1.165) is 0 Å². The minimum atomic E-state index is -1.01. The summed E-state index contributed by atoms with van der Waals surface area (Å²) in [4.78, 5) is 31.3. The van der Waals surface area contributed by atoms with Crippen molar-refractivity contribution in [1.82, 2.24) is 9.97 Å². The predicted molar refractivity (Wildman–Crippen MR) is 76.7 cm³/mol. The molecule has 0 saturated carbocycles. The van der Waals surface area contributed by atoms with Crippen molar-refractivity contribution in [2.45, 2.75) is 13.0 Å². The highest BCUT2D eigenvalue weighted by Gasteiger charge is 2.19. The third-order valence-electron chi connectivity index (χ3n) is 2.68. The number of nitriles is 1. The fourth-order valence-electron chi connectivity index (χ4n) is 1.59. The minimum absolute atomic E-state index is 0.0219. The molecule has 1 aromatic heterocycles. The average Bonchev–Trinajstić information content (AvgIpc) is 2.55. The number of aromatic nitrogens is 2. The number of amides is 1. The first-order chi connectivity index (χ1) is 10.6. The summed E-state index contributed by atoms with van der Waals surface area (Å²) in [6.45, 7) is 1.44. The van der Waals surface area contributed by atoms with Crippen LogP contribution in [0.5, 0.6) is 0 Å². The molecule has 0 fully saturated rings. The molecule has 2 rings (SSSR count). The van der Waals surface area contributed by atoms with Crippen LogP contribution in [0.15, 0.2) is 42.9 Å². The van der Waals surface area contributed by atoms with Crippen LogP contribution in [0.4, 0.5) is 5.69 Å². The highest BCUT2D eigenvalue weighted by atomic mass is 16.5. The zero-order chi connectivity index (χ0) is 15.9. The lowest BCUT2D eigenvalue weighted by Gasteiger charge is -2.13. The molecule has 1 atom stereocenters. The van der Waals surface area contributed by atoms with Gasteiger partial charge in [0, 0.05) is 18.1 Å². The number of anilines is 1. The van der Waals surface area contributed by atoms with Crippen molar-refractivity contribution in [3.05, 3.63) is 54.1 Å². The van der Waals surface area contributed by atoms with Crippen LogP contribution < -0.4 is 5.32 Å². The van der Waals surface area contributed by atoms with Gasteiger partial charge in [-0.1, -0.05) is 6.07 Å². The number of esters is 1. The van der Waals surface area contributed by atoms with E-state index in [1.54, 1.807) is 18.2 Å². The largest absolute Gasteiger partial charge is 0.448 e. The van der Waals surface area contributed by atoms with Gasteiger partial charge in [-0.25, -0.2) is 9.78 Å². The molecule has 0 aliphatic rings. The van der Waals surface area contributed by atoms with Gasteiger partial charge in [-0.3, -0.25) is 9.78 Å². The van der Waals surface area contributed by atoms with Gasteiger partial charge in [-0.15, -0.1) is 0 Å². The maximum absolute atomic E-state index is 12.0. The quantitative estimate of drug-likeness (QED) is 0.858. The first kappa shape index (κ1) is 15.1. The lowest BCUT2D eigenvalue weighted by atomic mass is 10.2. The average molecular weight is 296 g/mol. The Bertz CT molecular complexity index is 725. The zero-order valence-electron chi connectivity index (χ0n) is 11.7. The molecule has 1 N–H and O–H groups in total. The lowest BCUT2D eigenvalue weighted by molar-refractivity contribution is -0.123. The summed E-state index contributed by atoms with van der Waals surface area (Å²) in [5.74, 6) is -1.24. The molecule has 1 aromatic carbocycles. The van der Waals surface area contributed by atoms with Crippen molar-refractivity contribution in [2.24, 2.45) is 0 Å². The number of hydrogen-bond acceptors (Lipinski definition) is 6. The van der Waals surface area contributed by atoms with E-state index >= 15 is 0 Å². The van der Waals surface area contributed by atoms with Crippen molar-refractivity contribution < 1.29 is 14.3 Å². The van der Waals surface area contributed by atoms with Crippen LogP contribution in [0.25, 0.3) is 0 Å². The van der Waals surface area contributed by atoms with Gasteiger partial charge in [-0.2, -0.15) is 5.26 Å². The first-order valence-electron chi connectivity index (χ1n) is 6.38. The number of carbonyl (C=O) groups excluding carboxylic acids is 2. The van der Waals surface area contributed by atoms with E-state index in [1.165, 1.54) is 31.6 Å². The molecule has 0 saturated heterocycles. The Morgan fingerprint density at radius 2 is 2.18 bits per heavy atom. The van der Waals surface area contributed by atoms with Gasteiger partial charge in [0.1, 0.15) is 0 Å². The molecule has 0 spiro atoms. The number of rotatable bonds is 4. The summed E-state index contributed by atoms with van der Waals surface area (Å²) in [6, 6.07) is 8.39. The second-order valence-corrected chi connectivity index (χ2v) is 4.32. The molecule has 0 aliphatic heterocycles. The molecule has 0 radical (unpaired) electrons. The second kappa shape index (κ2) is 6.95. The molecular weight excluding hydrogens is 284 g/mol. The molecule has 7 nitrogen and oxygen atoms in total. The summed E-state index contributed by atoms with van der Waals surface area (Å²) < 4.78 is 5.01. The van der Waals surface area contributed by atoms with E-state index in [9.17, 15) is 9.59 Å². The van der Waals surface area contributed by atoms with E-state index in [0.29, 0.717) is 11.3 Å². The van der Waals surface area contributed by atoms with Crippen LogP contribution in [-0.2, 0) is 9.53 Å². The molecule has 110 valence electrons. The van der Waals surface area contributed by atoms with E-state index in [-0.39, 0.29) is 5.69 Å². The molecule has 0 unspecified atom stereocenters. The third kappa shape index (κ3) is 3.86. The van der Waals surface area contributed by atoms with Crippen LogP contribution in [0.1, 0.15) is 23.0 Å². The molecule has 2 aromatic rings. The number of nitrogens with one attached hydrogen (secondary N) is 1. The Labute approximate surface area is 126 Å². The molecule has 7 heteroatoms. The van der Waals surface area contributed by atoms with E-state index < -0.39 is 18.0 Å². The molecule has 1 amide bonds. The molecule has 0 aliphatic carbocycles. The van der Waals surface area contributed by atoms with Gasteiger partial charge in [0.25, 0.3) is 5.91 Å². The SMILES string of the molecule is C[C@H](OC(=O)c1cnccn1)C(=O)Nc1cccc(C#N)c1. The monoisotopic (exact) mass is 296 g/mol. The Morgan fingerprint density at radius 1 is 1.36 bits per heavy atom. The smallest absolute Gasteiger partial charge is 0.359 e. The highest BCUT2D eigenvalue weighted by Crippen LogP contribution is 2.11. The Kier molecular flexibility index (Phi) is 4.78. The van der Waals surface area contributed by atoms with Gasteiger partial charge >= 0.3 is 5.97 Å². The van der Waals surface area contributed by atoms with E-state index in [2.05, 4.69) is 15.3 Å². The van der Waals surface area contributed by atoms with Gasteiger partial charge in [0.15, 0.2) is 11.8 Å². The van der Waals surface area contributed by atoms with Crippen LogP contribution in [0, 0.1) is 11.3 Å². The van der Waals surface area contributed by atoms with Crippen LogP contribution >= 0.6 is 0 Å². The normalized spacial score (nSPS) is 11.1. The van der Waals surface area contributed by atoms with Gasteiger partial charge in [-0.05, 0) is 25.1 Å². The van der Waals surface area contributed by atoms with Crippen molar-refractivity contribution in [3.63, 3.8) is 0 Å². The number of ether oxygens (including phenoxy) is 1. The Hall–Kier alpha value is -3.27. The zero-order valence-corrected chi connectivity index (χ0v) is 11.7. The van der Waals surface area contributed by atoms with Gasteiger partial charge in [0.2, 0.25) is 0 Å². The second-order valence-electron chi connectivity index (χ2n) is 4.32. The van der Waals surface area contributed by atoms with Crippen molar-refractivity contribution in [3.8, 4) is 6.07 Å². The fraction of sp³-hybridized carbons (Fsp3) is 0.133. The minimum Gasteiger partial charge on any atom is -0.448 e. The molecule has 1 heterocycles. The van der Waals surface area contributed by atoms with Crippen molar-refractivity contribution in [1.29, 1.82) is 5.26 Å². The summed E-state index contributed by atoms with van der Waals surface area (Å²) in [5, 5.41) is 11.4. The standard InChI is InChI=1S/C15H12N4O3/c1-10(22-15(21)13-9-17-5-6-18-13)14(20)19-12-4-2-3-11(7-12)8-16/h2-7,9-10H,1H3,(H,19,20)/t10-/m0/s1. The topological polar surface area (TPSA) is 105 Å². The summed E-state index contributed by atoms with van der Waals surface area (Å²) in [7, 11) is 0. The van der Waals surface area contributed by atoms with E-state index in [1.807, 2.05) is 6.07 Å². The maximum atomic E-state index is 12.0. The number of nitrogens with zero attached hydrogens (tertiary/aromatic N) is 3. The fourth-order valence-corrected chi connectivity index (χ4v) is 1.59. The molecule has 0 bridgehead atoms. The lowest BCUT2D eigenvalue weighted by Crippen LogP contribution is -2.30. The van der Waals surface area contributed by atoms with Crippen LogP contribution in [-0.4, -0.2) is 27.9 Å². The van der Waals surface area contributed by atoms with Crippen molar-refractivity contribution in [2.75, 3.05) is 5.32 Å². The summed E-state index contributed by atoms with van der Waals surface area (Å²) >= 11 is 0. The van der Waals surface area contributed by atoms with Gasteiger partial charge < -0.3 is 10.1 Å². The predicted octanol–water partition coefficient (Wildman–Crippen LogP) is 1.53. The van der Waals surface area contributed by atoms with Crippen molar-refractivity contribution >= 4 is 17.6 Å². The van der Waals surface area contributed by atoms with Crippen LogP contribution in [0.2, 0.25) is 0 Å². The molecular formula is C15H12N4O3. The Balaban J connectivity index is 1.97.